The van der Waals surface area contributed by atoms with E-state index in [1.54, 1.807) is 0 Å². The van der Waals surface area contributed by atoms with Crippen LogP contribution in [0.1, 0.15) is 25.7 Å². The lowest BCUT2D eigenvalue weighted by Gasteiger charge is -1.97. The third-order valence-corrected chi connectivity index (χ3v) is 1.16. The molecule has 0 bridgehead atoms. The first-order valence-electron chi connectivity index (χ1n) is 2.65. The molecule has 0 aromatic rings. The zero-order chi connectivity index (χ0) is 4.24. The van der Waals surface area contributed by atoms with E-state index in [0.29, 0.717) is 0 Å². The van der Waals surface area contributed by atoms with Crippen molar-refractivity contribution >= 4 is 0 Å². The maximum absolute atomic E-state index is 2.27. The summed E-state index contributed by atoms with van der Waals surface area (Å²) in [6.07, 6.45) is 10.0. The average molecular weight is 118 g/mol. The molecule has 0 unspecified atom stereocenters. The van der Waals surface area contributed by atoms with Gasteiger partial charge in [-0.05, 0) is 25.7 Å². The first-order valence-corrected chi connectivity index (χ1v) is 2.65. The highest BCUT2D eigenvalue weighted by Gasteiger charge is 1.87. The Bertz CT molecular complexity index is 49.2. The third-order valence-electron chi connectivity index (χ3n) is 1.16. The second-order valence-electron chi connectivity index (χ2n) is 1.76. The van der Waals surface area contributed by atoms with E-state index < -0.39 is 0 Å². The quantitative estimate of drug-likeness (QED) is 0.362. The van der Waals surface area contributed by atoms with Crippen LogP contribution in [0.4, 0.5) is 0 Å². The molecule has 0 aromatic carbocycles. The summed E-state index contributed by atoms with van der Waals surface area (Å²) in [6.45, 7) is 0. The Labute approximate surface area is 51.0 Å². The molecule has 0 nitrogen and oxygen atoms in total. The number of allylic oxidation sites excluding steroid dienone is 2. The van der Waals surface area contributed by atoms with Crippen molar-refractivity contribution in [2.24, 2.45) is 0 Å². The van der Waals surface area contributed by atoms with Crippen molar-refractivity contribution in [1.82, 2.24) is 0 Å². The number of hydrogen-bond donors (Lipinski definition) is 0. The third kappa shape index (κ3) is 2.69. The van der Waals surface area contributed by atoms with E-state index >= 15 is 0 Å². The van der Waals surface area contributed by atoms with Gasteiger partial charge in [-0.25, -0.2) is 0 Å². The molecule has 1 aliphatic rings. The van der Waals surface area contributed by atoms with Crippen LogP contribution in [0.5, 0.6) is 0 Å². The number of hydrogen-bond acceptors (Lipinski definition) is 0. The molecule has 1 rings (SSSR count). The predicted molar refractivity (Wildman–Crippen MR) is 27.6 cm³/mol. The van der Waals surface area contributed by atoms with Crippen molar-refractivity contribution in [3.63, 3.8) is 0 Å². The second kappa shape index (κ2) is 4.20. The molecule has 0 aliphatic heterocycles. The van der Waals surface area contributed by atoms with Crippen LogP contribution in [0.3, 0.4) is 0 Å². The maximum atomic E-state index is 2.27. The Kier molecular flexibility index (Phi) is 4.21. The topological polar surface area (TPSA) is 0 Å². The minimum Gasteiger partial charge on any atom is -1.00 e. The van der Waals surface area contributed by atoms with E-state index in [4.69, 9.17) is 0 Å². The number of rotatable bonds is 0. The fraction of sp³-hybridized carbons (Fsp3) is 0.667. The Balaban J connectivity index is 0.000000360. The molecular formula is C6H10Cl-. The van der Waals surface area contributed by atoms with Crippen molar-refractivity contribution in [1.29, 1.82) is 0 Å². The maximum Gasteiger partial charge on any atom is -0.0351 e. The predicted octanol–water partition coefficient (Wildman–Crippen LogP) is -0.879. The van der Waals surface area contributed by atoms with E-state index in [9.17, 15) is 0 Å². The van der Waals surface area contributed by atoms with Crippen LogP contribution in [-0.2, 0) is 0 Å². The van der Waals surface area contributed by atoms with Gasteiger partial charge in [-0.2, -0.15) is 0 Å². The van der Waals surface area contributed by atoms with Crippen molar-refractivity contribution in [2.75, 3.05) is 0 Å². The smallest absolute Gasteiger partial charge is 0.0351 e. The van der Waals surface area contributed by atoms with E-state index in [2.05, 4.69) is 12.2 Å². The Hall–Kier alpha value is 0.0300. The van der Waals surface area contributed by atoms with Gasteiger partial charge < -0.3 is 12.4 Å². The highest BCUT2D eigenvalue weighted by Crippen LogP contribution is 2.07. The zero-order valence-electron chi connectivity index (χ0n) is 4.36. The van der Waals surface area contributed by atoms with Gasteiger partial charge >= 0.3 is 0 Å². The molecule has 0 radical (unpaired) electrons. The molecule has 0 aromatic heterocycles. The molecule has 0 atom stereocenters. The lowest BCUT2D eigenvalue weighted by atomic mass is 10.1. The largest absolute Gasteiger partial charge is 1.00 e. The molecule has 7 heavy (non-hydrogen) atoms. The van der Waals surface area contributed by atoms with Gasteiger partial charge in [0.05, 0.1) is 0 Å². The van der Waals surface area contributed by atoms with E-state index in [0.717, 1.165) is 0 Å². The second-order valence-corrected chi connectivity index (χ2v) is 1.76. The van der Waals surface area contributed by atoms with Gasteiger partial charge in [0.15, 0.2) is 0 Å². The molecule has 0 N–H and O–H groups in total. The summed E-state index contributed by atoms with van der Waals surface area (Å²) in [5.74, 6) is 0. The summed E-state index contributed by atoms with van der Waals surface area (Å²) >= 11 is 0. The normalized spacial score (nSPS) is 18.3. The van der Waals surface area contributed by atoms with Crippen LogP contribution in [-0.4, -0.2) is 0 Å². The van der Waals surface area contributed by atoms with Gasteiger partial charge in [0.2, 0.25) is 0 Å². The van der Waals surface area contributed by atoms with Crippen molar-refractivity contribution < 1.29 is 12.4 Å². The van der Waals surface area contributed by atoms with Crippen LogP contribution >= 0.6 is 0 Å². The van der Waals surface area contributed by atoms with Gasteiger partial charge in [0, 0.05) is 0 Å². The minimum absolute atomic E-state index is 0. The lowest BCUT2D eigenvalue weighted by molar-refractivity contribution is -0.00000127. The molecule has 0 heterocycles. The summed E-state index contributed by atoms with van der Waals surface area (Å²) in [5.41, 5.74) is 0. The monoisotopic (exact) mass is 117 g/mol. The molecule has 0 saturated heterocycles. The van der Waals surface area contributed by atoms with Gasteiger partial charge in [0.25, 0.3) is 0 Å². The van der Waals surface area contributed by atoms with Crippen LogP contribution in [0, 0.1) is 0 Å². The van der Waals surface area contributed by atoms with Gasteiger partial charge in [0.1, 0.15) is 0 Å². The average Bonchev–Trinajstić information content (AvgIpc) is 1.72. The fourth-order valence-corrected chi connectivity index (χ4v) is 0.760. The first-order chi connectivity index (χ1) is 3.00. The zero-order valence-corrected chi connectivity index (χ0v) is 5.12. The summed E-state index contributed by atoms with van der Waals surface area (Å²) in [7, 11) is 0. The molecule has 0 spiro atoms. The Morgan fingerprint density at radius 1 is 0.857 bits per heavy atom. The van der Waals surface area contributed by atoms with Crippen LogP contribution in [0.15, 0.2) is 12.2 Å². The summed E-state index contributed by atoms with van der Waals surface area (Å²) in [5, 5.41) is 0. The lowest BCUT2D eigenvalue weighted by Crippen LogP contribution is -3.00. The number of halogens is 1. The molecule has 42 valence electrons. The van der Waals surface area contributed by atoms with Crippen LogP contribution in [0.25, 0.3) is 0 Å². The van der Waals surface area contributed by atoms with Gasteiger partial charge in [-0.3, -0.25) is 0 Å². The molecule has 1 heteroatoms. The van der Waals surface area contributed by atoms with Crippen molar-refractivity contribution in [3.8, 4) is 0 Å². The minimum atomic E-state index is 0. The molecular weight excluding hydrogens is 108 g/mol. The van der Waals surface area contributed by atoms with E-state index in [-0.39, 0.29) is 12.4 Å². The Morgan fingerprint density at radius 2 is 1.29 bits per heavy atom. The van der Waals surface area contributed by atoms with Crippen molar-refractivity contribution in [3.05, 3.63) is 12.2 Å². The highest BCUT2D eigenvalue weighted by molar-refractivity contribution is 4.85. The van der Waals surface area contributed by atoms with Crippen LogP contribution < -0.4 is 12.4 Å². The summed E-state index contributed by atoms with van der Waals surface area (Å²) < 4.78 is 0. The summed E-state index contributed by atoms with van der Waals surface area (Å²) in [4.78, 5) is 0. The van der Waals surface area contributed by atoms with E-state index in [1.807, 2.05) is 0 Å². The summed E-state index contributed by atoms with van der Waals surface area (Å²) in [6, 6.07) is 0. The highest BCUT2D eigenvalue weighted by atomic mass is 35.5. The molecule has 0 saturated carbocycles. The van der Waals surface area contributed by atoms with Crippen molar-refractivity contribution in [2.45, 2.75) is 25.7 Å². The van der Waals surface area contributed by atoms with Gasteiger partial charge in [-0.1, -0.05) is 12.2 Å². The first kappa shape index (κ1) is 7.03. The Morgan fingerprint density at radius 3 is 1.43 bits per heavy atom. The van der Waals surface area contributed by atoms with E-state index in [1.165, 1.54) is 25.7 Å². The fourth-order valence-electron chi connectivity index (χ4n) is 0.760. The van der Waals surface area contributed by atoms with Gasteiger partial charge in [-0.15, -0.1) is 0 Å². The molecule has 0 fully saturated rings. The SMILES string of the molecule is C1=CCCCC1.[Cl-]. The molecule has 1 aliphatic carbocycles. The van der Waals surface area contributed by atoms with Crippen LogP contribution in [0.2, 0.25) is 0 Å². The molecule has 0 amide bonds. The standard InChI is InChI=1S/C6H10.ClH/c1-2-4-6-5-3-1;/h1-2H,3-6H2;1H/p-1.